The van der Waals surface area contributed by atoms with Crippen molar-refractivity contribution < 1.29 is 19.8 Å². The molecule has 1 aromatic rings. The zero-order valence-electron chi connectivity index (χ0n) is 10.5. The van der Waals surface area contributed by atoms with Gasteiger partial charge in [-0.1, -0.05) is 12.1 Å². The molecule has 1 aliphatic rings. The van der Waals surface area contributed by atoms with Gasteiger partial charge >= 0.3 is 5.97 Å². The van der Waals surface area contributed by atoms with E-state index in [0.29, 0.717) is 12.0 Å². The van der Waals surface area contributed by atoms with Gasteiger partial charge in [-0.2, -0.15) is 0 Å². The maximum Gasteiger partial charge on any atom is 0.305 e. The number of rotatable bonds is 4. The van der Waals surface area contributed by atoms with Crippen LogP contribution in [0.15, 0.2) is 18.2 Å². The number of aliphatic carboxylic acids is 1. The van der Waals surface area contributed by atoms with Crippen LogP contribution in [0.1, 0.15) is 23.7 Å². The van der Waals surface area contributed by atoms with Crippen molar-refractivity contribution in [1.82, 2.24) is 0 Å². The SMILES string of the molecule is CN1C(=O)Cc2cc(C(O)C(N)CC(=O)O)ccc21. The van der Waals surface area contributed by atoms with Crippen LogP contribution in [0.25, 0.3) is 0 Å². The van der Waals surface area contributed by atoms with Gasteiger partial charge in [-0.3, -0.25) is 9.59 Å². The summed E-state index contributed by atoms with van der Waals surface area (Å²) in [6.07, 6.45) is -1.07. The van der Waals surface area contributed by atoms with Gasteiger partial charge in [-0.25, -0.2) is 0 Å². The van der Waals surface area contributed by atoms with Gasteiger partial charge in [0.1, 0.15) is 0 Å². The van der Waals surface area contributed by atoms with E-state index in [2.05, 4.69) is 0 Å². The van der Waals surface area contributed by atoms with Gasteiger partial charge in [0.15, 0.2) is 0 Å². The quantitative estimate of drug-likeness (QED) is 0.712. The third-order valence-corrected chi connectivity index (χ3v) is 3.34. The number of aliphatic hydroxyl groups excluding tert-OH is 1. The first-order valence-corrected chi connectivity index (χ1v) is 5.95. The van der Waals surface area contributed by atoms with Crippen LogP contribution < -0.4 is 10.6 Å². The Morgan fingerprint density at radius 1 is 1.53 bits per heavy atom. The molecular weight excluding hydrogens is 248 g/mol. The molecule has 0 radical (unpaired) electrons. The highest BCUT2D eigenvalue weighted by molar-refractivity contribution is 6.00. The fourth-order valence-electron chi connectivity index (χ4n) is 2.23. The largest absolute Gasteiger partial charge is 0.481 e. The Balaban J connectivity index is 2.21. The Morgan fingerprint density at radius 2 is 2.21 bits per heavy atom. The number of fused-ring (bicyclic) bond motifs is 1. The Hall–Kier alpha value is -1.92. The summed E-state index contributed by atoms with van der Waals surface area (Å²) in [6.45, 7) is 0. The molecule has 1 aromatic carbocycles. The molecule has 0 aromatic heterocycles. The predicted octanol–water partition coefficient (Wildman–Crippen LogP) is 0.0409. The van der Waals surface area contributed by atoms with Crippen molar-refractivity contribution in [3.05, 3.63) is 29.3 Å². The Labute approximate surface area is 110 Å². The molecule has 0 spiro atoms. The smallest absolute Gasteiger partial charge is 0.305 e. The van der Waals surface area contributed by atoms with E-state index in [1.807, 2.05) is 0 Å². The van der Waals surface area contributed by atoms with Crippen molar-refractivity contribution in [3.63, 3.8) is 0 Å². The van der Waals surface area contributed by atoms with Crippen molar-refractivity contribution in [2.75, 3.05) is 11.9 Å². The van der Waals surface area contributed by atoms with Gasteiger partial charge in [0.2, 0.25) is 5.91 Å². The number of likely N-dealkylation sites (N-methyl/N-ethyl adjacent to an activating group) is 1. The number of carboxylic acid groups (broad SMARTS) is 1. The van der Waals surface area contributed by atoms with E-state index in [4.69, 9.17) is 10.8 Å². The molecule has 2 rings (SSSR count). The summed E-state index contributed by atoms with van der Waals surface area (Å²) in [5, 5.41) is 18.7. The summed E-state index contributed by atoms with van der Waals surface area (Å²) < 4.78 is 0. The molecule has 0 fully saturated rings. The van der Waals surface area contributed by atoms with Crippen LogP contribution in [-0.4, -0.2) is 35.2 Å². The first-order valence-electron chi connectivity index (χ1n) is 5.95. The van der Waals surface area contributed by atoms with Gasteiger partial charge in [0.05, 0.1) is 18.9 Å². The number of carboxylic acids is 1. The topological polar surface area (TPSA) is 104 Å². The van der Waals surface area contributed by atoms with Crippen LogP contribution in [0.2, 0.25) is 0 Å². The Bertz CT molecular complexity index is 529. The summed E-state index contributed by atoms with van der Waals surface area (Å²) in [4.78, 5) is 23.7. The molecular formula is C13H16N2O4. The van der Waals surface area contributed by atoms with Crippen molar-refractivity contribution in [1.29, 1.82) is 0 Å². The summed E-state index contributed by atoms with van der Waals surface area (Å²) >= 11 is 0. The number of amides is 1. The monoisotopic (exact) mass is 264 g/mol. The van der Waals surface area contributed by atoms with Crippen molar-refractivity contribution in [3.8, 4) is 0 Å². The number of hydrogen-bond donors (Lipinski definition) is 3. The number of anilines is 1. The van der Waals surface area contributed by atoms with E-state index in [9.17, 15) is 14.7 Å². The van der Waals surface area contributed by atoms with Crippen LogP contribution in [0.3, 0.4) is 0 Å². The van der Waals surface area contributed by atoms with Crippen molar-refractivity contribution in [2.45, 2.75) is 25.0 Å². The molecule has 6 nitrogen and oxygen atoms in total. The fourth-order valence-corrected chi connectivity index (χ4v) is 2.23. The highest BCUT2D eigenvalue weighted by Gasteiger charge is 2.26. The Morgan fingerprint density at radius 3 is 2.84 bits per heavy atom. The second-order valence-corrected chi connectivity index (χ2v) is 4.72. The van der Waals surface area contributed by atoms with E-state index in [1.54, 1.807) is 30.1 Å². The number of carbonyl (C=O) groups excluding carboxylic acids is 1. The summed E-state index contributed by atoms with van der Waals surface area (Å²) in [5.41, 5.74) is 7.82. The third kappa shape index (κ3) is 2.59. The van der Waals surface area contributed by atoms with E-state index in [-0.39, 0.29) is 12.3 Å². The van der Waals surface area contributed by atoms with Crippen LogP contribution >= 0.6 is 0 Å². The Kier molecular flexibility index (Phi) is 3.55. The molecule has 1 aliphatic heterocycles. The van der Waals surface area contributed by atoms with Gasteiger partial charge in [-0.15, -0.1) is 0 Å². The molecule has 1 heterocycles. The van der Waals surface area contributed by atoms with Crippen LogP contribution in [0.4, 0.5) is 5.69 Å². The average molecular weight is 264 g/mol. The number of aliphatic hydroxyl groups is 1. The minimum Gasteiger partial charge on any atom is -0.481 e. The number of carbonyl (C=O) groups is 2. The minimum absolute atomic E-state index is 0.00326. The summed E-state index contributed by atoms with van der Waals surface area (Å²) in [5.74, 6) is -1.06. The molecule has 0 bridgehead atoms. The molecule has 0 saturated heterocycles. The van der Waals surface area contributed by atoms with E-state index in [0.717, 1.165) is 11.3 Å². The standard InChI is InChI=1S/C13H16N2O4/c1-15-10-3-2-7(4-8(10)5-11(15)16)13(19)9(14)6-12(17)18/h2-4,9,13,19H,5-6,14H2,1H3,(H,17,18). The molecule has 19 heavy (non-hydrogen) atoms. The van der Waals surface area contributed by atoms with Crippen LogP contribution in [-0.2, 0) is 16.0 Å². The molecule has 102 valence electrons. The maximum atomic E-state index is 11.6. The molecule has 2 atom stereocenters. The highest BCUT2D eigenvalue weighted by Crippen LogP contribution is 2.30. The molecule has 1 amide bonds. The third-order valence-electron chi connectivity index (χ3n) is 3.34. The zero-order chi connectivity index (χ0) is 14.2. The summed E-state index contributed by atoms with van der Waals surface area (Å²) in [7, 11) is 1.69. The molecule has 0 aliphatic carbocycles. The molecule has 0 saturated carbocycles. The lowest BCUT2D eigenvalue weighted by Gasteiger charge is -2.18. The van der Waals surface area contributed by atoms with Gasteiger partial charge in [0.25, 0.3) is 0 Å². The second-order valence-electron chi connectivity index (χ2n) is 4.72. The zero-order valence-corrected chi connectivity index (χ0v) is 10.5. The highest BCUT2D eigenvalue weighted by atomic mass is 16.4. The molecule has 6 heteroatoms. The van der Waals surface area contributed by atoms with Crippen molar-refractivity contribution >= 4 is 17.6 Å². The number of hydrogen-bond acceptors (Lipinski definition) is 4. The molecule has 4 N–H and O–H groups in total. The average Bonchev–Trinajstić information content (AvgIpc) is 2.63. The minimum atomic E-state index is -1.05. The van der Waals surface area contributed by atoms with E-state index < -0.39 is 18.1 Å². The normalized spacial score (nSPS) is 17.2. The van der Waals surface area contributed by atoms with Crippen LogP contribution in [0, 0.1) is 0 Å². The van der Waals surface area contributed by atoms with Gasteiger partial charge < -0.3 is 20.8 Å². The lowest BCUT2D eigenvalue weighted by atomic mass is 9.98. The van der Waals surface area contributed by atoms with Gasteiger partial charge in [0, 0.05) is 18.8 Å². The second kappa shape index (κ2) is 4.99. The number of nitrogens with zero attached hydrogens (tertiary/aromatic N) is 1. The van der Waals surface area contributed by atoms with Crippen molar-refractivity contribution in [2.24, 2.45) is 5.73 Å². The summed E-state index contributed by atoms with van der Waals surface area (Å²) in [6, 6.07) is 4.25. The number of nitrogens with two attached hydrogens (primary N) is 1. The van der Waals surface area contributed by atoms with E-state index >= 15 is 0 Å². The van der Waals surface area contributed by atoms with E-state index in [1.165, 1.54) is 0 Å². The molecule has 2 unspecified atom stereocenters. The first-order chi connectivity index (χ1) is 8.90. The first kappa shape index (κ1) is 13.5. The fraction of sp³-hybridized carbons (Fsp3) is 0.385. The van der Waals surface area contributed by atoms with Gasteiger partial charge in [-0.05, 0) is 17.2 Å². The lowest BCUT2D eigenvalue weighted by molar-refractivity contribution is -0.138. The number of benzene rings is 1. The maximum absolute atomic E-state index is 11.6. The van der Waals surface area contributed by atoms with Crippen LogP contribution in [0.5, 0.6) is 0 Å². The predicted molar refractivity (Wildman–Crippen MR) is 68.7 cm³/mol. The lowest BCUT2D eigenvalue weighted by Crippen LogP contribution is -2.31.